The number of halogens is 3. The van der Waals surface area contributed by atoms with E-state index in [1.54, 1.807) is 24.3 Å². The summed E-state index contributed by atoms with van der Waals surface area (Å²) in [4.78, 5) is 12.3. The van der Waals surface area contributed by atoms with E-state index in [0.717, 1.165) is 12.1 Å². The average molecular weight is 376 g/mol. The van der Waals surface area contributed by atoms with Crippen molar-refractivity contribution in [2.45, 2.75) is 6.18 Å². The molecular formula is C19H15F3N2O3. The minimum absolute atomic E-state index is 0.0754. The fourth-order valence-electron chi connectivity index (χ4n) is 2.30. The van der Waals surface area contributed by atoms with Crippen molar-refractivity contribution in [3.63, 3.8) is 0 Å². The van der Waals surface area contributed by atoms with Crippen LogP contribution in [0.25, 0.3) is 6.08 Å². The number of anilines is 1. The number of benzene rings is 2. The first-order valence-corrected chi connectivity index (χ1v) is 7.61. The maximum Gasteiger partial charge on any atom is 0.416 e. The molecule has 0 atom stereocenters. The molecule has 0 saturated heterocycles. The van der Waals surface area contributed by atoms with Gasteiger partial charge in [-0.3, -0.25) is 4.79 Å². The number of methoxy groups -OCH3 is 2. The SMILES string of the molecule is COc1cccc(/C=C(/C#N)C(=O)Nc2cccc(C(F)(F)F)c2)c1OC. The van der Waals surface area contributed by atoms with E-state index in [1.165, 1.54) is 32.4 Å². The summed E-state index contributed by atoms with van der Waals surface area (Å²) in [6.45, 7) is 0. The number of para-hydroxylation sites is 1. The van der Waals surface area contributed by atoms with Crippen LogP contribution in [0.1, 0.15) is 11.1 Å². The summed E-state index contributed by atoms with van der Waals surface area (Å²) < 4.78 is 48.7. The molecule has 0 fully saturated rings. The highest BCUT2D eigenvalue weighted by Crippen LogP contribution is 2.33. The Morgan fingerprint density at radius 3 is 2.44 bits per heavy atom. The minimum Gasteiger partial charge on any atom is -0.493 e. The van der Waals surface area contributed by atoms with Gasteiger partial charge in [0.2, 0.25) is 0 Å². The number of alkyl halides is 3. The van der Waals surface area contributed by atoms with E-state index >= 15 is 0 Å². The number of rotatable bonds is 5. The molecule has 0 radical (unpaired) electrons. The van der Waals surface area contributed by atoms with Crippen LogP contribution in [0.2, 0.25) is 0 Å². The van der Waals surface area contributed by atoms with Gasteiger partial charge in [-0.15, -0.1) is 0 Å². The van der Waals surface area contributed by atoms with Crippen molar-refractivity contribution in [2.24, 2.45) is 0 Å². The number of hydrogen-bond acceptors (Lipinski definition) is 4. The van der Waals surface area contributed by atoms with Gasteiger partial charge < -0.3 is 14.8 Å². The summed E-state index contributed by atoms with van der Waals surface area (Å²) in [6, 6.07) is 10.8. The highest BCUT2D eigenvalue weighted by molar-refractivity contribution is 6.09. The molecule has 0 aliphatic rings. The van der Waals surface area contributed by atoms with Crippen molar-refractivity contribution in [2.75, 3.05) is 19.5 Å². The highest BCUT2D eigenvalue weighted by atomic mass is 19.4. The fourth-order valence-corrected chi connectivity index (χ4v) is 2.30. The maximum absolute atomic E-state index is 12.8. The van der Waals surface area contributed by atoms with Crippen LogP contribution in [0.5, 0.6) is 11.5 Å². The summed E-state index contributed by atoms with van der Waals surface area (Å²) in [7, 11) is 2.85. The minimum atomic E-state index is -4.54. The average Bonchev–Trinajstić information content (AvgIpc) is 2.65. The van der Waals surface area contributed by atoms with Crippen molar-refractivity contribution in [1.82, 2.24) is 0 Å². The van der Waals surface area contributed by atoms with Crippen molar-refractivity contribution in [3.8, 4) is 17.6 Å². The molecule has 2 rings (SSSR count). The number of carbonyl (C=O) groups excluding carboxylic acids is 1. The Kier molecular flexibility index (Phi) is 6.08. The molecule has 0 unspecified atom stereocenters. The zero-order chi connectivity index (χ0) is 20.0. The van der Waals surface area contributed by atoms with Crippen LogP contribution >= 0.6 is 0 Å². The number of nitrogens with one attached hydrogen (secondary N) is 1. The molecule has 2 aromatic rings. The molecule has 0 aliphatic heterocycles. The third-order valence-electron chi connectivity index (χ3n) is 3.55. The molecule has 0 spiro atoms. The lowest BCUT2D eigenvalue weighted by atomic mass is 10.1. The van der Waals surface area contributed by atoms with Gasteiger partial charge in [0.25, 0.3) is 5.91 Å². The molecule has 0 aliphatic carbocycles. The predicted molar refractivity (Wildman–Crippen MR) is 93.2 cm³/mol. The number of ether oxygens (including phenoxy) is 2. The second kappa shape index (κ2) is 8.27. The Bertz CT molecular complexity index is 915. The summed E-state index contributed by atoms with van der Waals surface area (Å²) in [5, 5.41) is 11.6. The topological polar surface area (TPSA) is 71.3 Å². The van der Waals surface area contributed by atoms with Crippen molar-refractivity contribution >= 4 is 17.7 Å². The first kappa shape index (κ1) is 19.8. The van der Waals surface area contributed by atoms with Gasteiger partial charge in [0, 0.05) is 11.3 Å². The molecular weight excluding hydrogens is 361 g/mol. The van der Waals surface area contributed by atoms with Crippen LogP contribution in [-0.4, -0.2) is 20.1 Å². The second-order valence-electron chi connectivity index (χ2n) is 5.29. The lowest BCUT2D eigenvalue weighted by Crippen LogP contribution is -2.14. The number of nitrogens with zero attached hydrogens (tertiary/aromatic N) is 1. The van der Waals surface area contributed by atoms with Crippen LogP contribution in [0, 0.1) is 11.3 Å². The molecule has 0 bridgehead atoms. The van der Waals surface area contributed by atoms with Crippen molar-refractivity contribution in [3.05, 3.63) is 59.2 Å². The summed E-state index contributed by atoms with van der Waals surface area (Å²) in [5.41, 5.74) is -0.877. The van der Waals surface area contributed by atoms with Crippen LogP contribution in [0.3, 0.4) is 0 Å². The Morgan fingerprint density at radius 1 is 1.15 bits per heavy atom. The Balaban J connectivity index is 2.33. The standard InChI is InChI=1S/C19H15F3N2O3/c1-26-16-8-3-5-12(17(16)27-2)9-13(11-23)18(25)24-15-7-4-6-14(10-15)19(20,21)22/h3-10H,1-2H3,(H,24,25)/b13-9-. The normalized spacial score (nSPS) is 11.5. The van der Waals surface area contributed by atoms with Gasteiger partial charge in [-0.25, -0.2) is 0 Å². The Hall–Kier alpha value is -3.47. The fraction of sp³-hybridized carbons (Fsp3) is 0.158. The molecule has 0 heterocycles. The van der Waals surface area contributed by atoms with Gasteiger partial charge in [0.1, 0.15) is 11.6 Å². The highest BCUT2D eigenvalue weighted by Gasteiger charge is 2.30. The first-order valence-electron chi connectivity index (χ1n) is 7.61. The summed E-state index contributed by atoms with van der Waals surface area (Å²) in [5.74, 6) is -0.122. The molecule has 1 N–H and O–H groups in total. The zero-order valence-corrected chi connectivity index (χ0v) is 14.4. The summed E-state index contributed by atoms with van der Waals surface area (Å²) in [6.07, 6.45) is -3.27. The lowest BCUT2D eigenvalue weighted by molar-refractivity contribution is -0.137. The van der Waals surface area contributed by atoms with E-state index in [0.29, 0.717) is 17.1 Å². The van der Waals surface area contributed by atoms with Crippen molar-refractivity contribution in [1.29, 1.82) is 5.26 Å². The van der Waals surface area contributed by atoms with Gasteiger partial charge in [-0.1, -0.05) is 18.2 Å². The van der Waals surface area contributed by atoms with Crippen molar-refractivity contribution < 1.29 is 27.4 Å². The van der Waals surface area contributed by atoms with Crippen LogP contribution < -0.4 is 14.8 Å². The third kappa shape index (κ3) is 4.79. The van der Waals surface area contributed by atoms with Gasteiger partial charge in [0.15, 0.2) is 11.5 Å². The van der Waals surface area contributed by atoms with E-state index in [4.69, 9.17) is 9.47 Å². The number of carbonyl (C=O) groups is 1. The van der Waals surface area contributed by atoms with E-state index < -0.39 is 17.6 Å². The van der Waals surface area contributed by atoms with Crippen LogP contribution in [0.15, 0.2) is 48.0 Å². The number of hydrogen-bond donors (Lipinski definition) is 1. The van der Waals surface area contributed by atoms with Gasteiger partial charge in [-0.05, 0) is 30.3 Å². The van der Waals surface area contributed by atoms with Gasteiger partial charge in [-0.2, -0.15) is 18.4 Å². The maximum atomic E-state index is 12.8. The van der Waals surface area contributed by atoms with Gasteiger partial charge in [0.05, 0.1) is 19.8 Å². The molecule has 140 valence electrons. The molecule has 0 saturated carbocycles. The lowest BCUT2D eigenvalue weighted by Gasteiger charge is -2.11. The predicted octanol–water partition coefficient (Wildman–Crippen LogP) is 4.27. The van der Waals surface area contributed by atoms with E-state index in [9.17, 15) is 23.2 Å². The van der Waals surface area contributed by atoms with E-state index in [-0.39, 0.29) is 11.3 Å². The molecule has 8 heteroatoms. The third-order valence-corrected chi connectivity index (χ3v) is 3.55. The molecule has 1 amide bonds. The smallest absolute Gasteiger partial charge is 0.416 e. The largest absolute Gasteiger partial charge is 0.493 e. The molecule has 5 nitrogen and oxygen atoms in total. The van der Waals surface area contributed by atoms with E-state index in [1.807, 2.05) is 0 Å². The van der Waals surface area contributed by atoms with E-state index in [2.05, 4.69) is 5.32 Å². The second-order valence-corrected chi connectivity index (χ2v) is 5.29. The van der Waals surface area contributed by atoms with Crippen LogP contribution in [0.4, 0.5) is 18.9 Å². The number of nitriles is 1. The summed E-state index contributed by atoms with van der Waals surface area (Å²) >= 11 is 0. The quantitative estimate of drug-likeness (QED) is 0.625. The monoisotopic (exact) mass is 376 g/mol. The first-order chi connectivity index (χ1) is 12.8. The molecule has 2 aromatic carbocycles. The Morgan fingerprint density at radius 2 is 1.85 bits per heavy atom. The zero-order valence-electron chi connectivity index (χ0n) is 14.4. The number of amides is 1. The van der Waals surface area contributed by atoms with Crippen LogP contribution in [-0.2, 0) is 11.0 Å². The molecule has 0 aromatic heterocycles. The molecule has 27 heavy (non-hydrogen) atoms. The van der Waals surface area contributed by atoms with Gasteiger partial charge >= 0.3 is 6.18 Å². The Labute approximate surface area is 153 Å².